The maximum absolute atomic E-state index is 5.72. The molecule has 1 aromatic heterocycles. The standard InChI is InChI=1S/C17H19N3O3/c1-21-12-9-13(22-2)11-14(10-12)23-8-7-18-17-19-15-5-3-4-6-16(15)20-17/h3-6,9-11H,7-8H2,1-2H3,(H2,18,19,20). The summed E-state index contributed by atoms with van der Waals surface area (Å²) in [7, 11) is 3.23. The Morgan fingerprint density at radius 1 is 1.00 bits per heavy atom. The second kappa shape index (κ2) is 6.91. The number of para-hydroxylation sites is 2. The smallest absolute Gasteiger partial charge is 0.201 e. The van der Waals surface area contributed by atoms with Crippen molar-refractivity contribution >= 4 is 17.0 Å². The van der Waals surface area contributed by atoms with Gasteiger partial charge in [-0.15, -0.1) is 0 Å². The third kappa shape index (κ3) is 3.66. The molecule has 0 bridgehead atoms. The molecule has 0 radical (unpaired) electrons. The third-order valence-electron chi connectivity index (χ3n) is 3.38. The number of fused-ring (bicyclic) bond motifs is 1. The fourth-order valence-electron chi connectivity index (χ4n) is 2.24. The molecule has 0 spiro atoms. The number of hydrogen-bond acceptors (Lipinski definition) is 5. The summed E-state index contributed by atoms with van der Waals surface area (Å²) < 4.78 is 16.2. The second-order valence-corrected chi connectivity index (χ2v) is 4.93. The van der Waals surface area contributed by atoms with Gasteiger partial charge in [0, 0.05) is 18.2 Å². The summed E-state index contributed by atoms with van der Waals surface area (Å²) in [6.45, 7) is 1.12. The van der Waals surface area contributed by atoms with E-state index in [0.717, 1.165) is 17.0 Å². The summed E-state index contributed by atoms with van der Waals surface area (Å²) >= 11 is 0. The molecule has 0 aliphatic rings. The van der Waals surface area contributed by atoms with Crippen LogP contribution in [0.25, 0.3) is 11.0 Å². The Labute approximate surface area is 134 Å². The molecule has 3 aromatic rings. The fourth-order valence-corrected chi connectivity index (χ4v) is 2.24. The number of H-pyrrole nitrogens is 1. The minimum Gasteiger partial charge on any atom is -0.496 e. The normalized spacial score (nSPS) is 10.5. The Morgan fingerprint density at radius 2 is 1.70 bits per heavy atom. The van der Waals surface area contributed by atoms with Crippen molar-refractivity contribution in [2.75, 3.05) is 32.7 Å². The quantitative estimate of drug-likeness (QED) is 0.656. The summed E-state index contributed by atoms with van der Waals surface area (Å²) in [5.74, 6) is 2.83. The number of methoxy groups -OCH3 is 2. The predicted octanol–water partition coefficient (Wildman–Crippen LogP) is 3.07. The molecule has 6 nitrogen and oxygen atoms in total. The molecule has 2 N–H and O–H groups in total. The van der Waals surface area contributed by atoms with Gasteiger partial charge in [0.2, 0.25) is 5.95 Å². The zero-order valence-electron chi connectivity index (χ0n) is 13.1. The Morgan fingerprint density at radius 3 is 2.39 bits per heavy atom. The summed E-state index contributed by atoms with van der Waals surface area (Å²) in [6.07, 6.45) is 0. The number of rotatable bonds is 7. The number of aromatic nitrogens is 2. The van der Waals surface area contributed by atoms with E-state index < -0.39 is 0 Å². The molecule has 120 valence electrons. The van der Waals surface area contributed by atoms with Gasteiger partial charge in [0.25, 0.3) is 0 Å². The Hall–Kier alpha value is -2.89. The Bertz CT molecular complexity index is 730. The first-order valence-corrected chi connectivity index (χ1v) is 7.33. The van der Waals surface area contributed by atoms with E-state index in [9.17, 15) is 0 Å². The van der Waals surface area contributed by atoms with E-state index in [0.29, 0.717) is 30.4 Å². The molecule has 0 saturated heterocycles. The van der Waals surface area contributed by atoms with Crippen LogP contribution in [-0.4, -0.2) is 37.3 Å². The van der Waals surface area contributed by atoms with Crippen LogP contribution in [0.2, 0.25) is 0 Å². The average Bonchev–Trinajstić information content (AvgIpc) is 3.01. The highest BCUT2D eigenvalue weighted by molar-refractivity contribution is 5.77. The number of anilines is 1. The minimum absolute atomic E-state index is 0.493. The van der Waals surface area contributed by atoms with Crippen LogP contribution in [0.15, 0.2) is 42.5 Å². The molecule has 2 aromatic carbocycles. The van der Waals surface area contributed by atoms with Crippen LogP contribution in [0.1, 0.15) is 0 Å². The van der Waals surface area contributed by atoms with E-state index in [1.807, 2.05) is 36.4 Å². The van der Waals surface area contributed by atoms with Crippen LogP contribution in [0, 0.1) is 0 Å². The van der Waals surface area contributed by atoms with Gasteiger partial charge in [0.05, 0.1) is 31.8 Å². The molecule has 0 fully saturated rings. The van der Waals surface area contributed by atoms with Crippen molar-refractivity contribution in [1.29, 1.82) is 0 Å². The first-order valence-electron chi connectivity index (χ1n) is 7.33. The molecule has 23 heavy (non-hydrogen) atoms. The van der Waals surface area contributed by atoms with Gasteiger partial charge in [0.15, 0.2) is 0 Å². The maximum Gasteiger partial charge on any atom is 0.201 e. The monoisotopic (exact) mass is 313 g/mol. The van der Waals surface area contributed by atoms with Gasteiger partial charge in [-0.1, -0.05) is 12.1 Å². The van der Waals surface area contributed by atoms with Crippen LogP contribution in [-0.2, 0) is 0 Å². The summed E-state index contributed by atoms with van der Waals surface area (Å²) in [6, 6.07) is 13.4. The molecule has 0 atom stereocenters. The number of ether oxygens (including phenoxy) is 3. The maximum atomic E-state index is 5.72. The molecule has 1 heterocycles. The Kier molecular flexibility index (Phi) is 4.52. The lowest BCUT2D eigenvalue weighted by Crippen LogP contribution is -2.12. The van der Waals surface area contributed by atoms with Crippen molar-refractivity contribution < 1.29 is 14.2 Å². The number of nitrogens with zero attached hydrogens (tertiary/aromatic N) is 1. The number of benzene rings is 2. The van der Waals surface area contributed by atoms with Crippen LogP contribution in [0.5, 0.6) is 17.2 Å². The van der Waals surface area contributed by atoms with E-state index in [2.05, 4.69) is 15.3 Å². The van der Waals surface area contributed by atoms with Crippen molar-refractivity contribution in [2.45, 2.75) is 0 Å². The van der Waals surface area contributed by atoms with Crippen molar-refractivity contribution in [3.8, 4) is 17.2 Å². The zero-order valence-corrected chi connectivity index (χ0v) is 13.1. The SMILES string of the molecule is COc1cc(OC)cc(OCCNc2nc3ccccc3[nH]2)c1. The summed E-state index contributed by atoms with van der Waals surface area (Å²) in [5.41, 5.74) is 1.95. The van der Waals surface area contributed by atoms with E-state index in [1.165, 1.54) is 0 Å². The lowest BCUT2D eigenvalue weighted by molar-refractivity contribution is 0.324. The number of aromatic amines is 1. The summed E-state index contributed by atoms with van der Waals surface area (Å²) in [4.78, 5) is 7.66. The van der Waals surface area contributed by atoms with Crippen molar-refractivity contribution in [2.24, 2.45) is 0 Å². The summed E-state index contributed by atoms with van der Waals surface area (Å²) in [5, 5.41) is 3.21. The zero-order chi connectivity index (χ0) is 16.1. The van der Waals surface area contributed by atoms with E-state index in [4.69, 9.17) is 14.2 Å². The lowest BCUT2D eigenvalue weighted by atomic mass is 10.3. The van der Waals surface area contributed by atoms with Crippen LogP contribution < -0.4 is 19.5 Å². The molecule has 3 rings (SSSR count). The molecule has 6 heteroatoms. The van der Waals surface area contributed by atoms with Crippen LogP contribution >= 0.6 is 0 Å². The largest absolute Gasteiger partial charge is 0.496 e. The molecule has 0 aliphatic carbocycles. The molecular weight excluding hydrogens is 294 g/mol. The molecule has 0 aliphatic heterocycles. The second-order valence-electron chi connectivity index (χ2n) is 4.93. The van der Waals surface area contributed by atoms with Gasteiger partial charge >= 0.3 is 0 Å². The van der Waals surface area contributed by atoms with E-state index in [1.54, 1.807) is 20.3 Å². The minimum atomic E-state index is 0.493. The van der Waals surface area contributed by atoms with Gasteiger partial charge in [-0.3, -0.25) is 0 Å². The highest BCUT2D eigenvalue weighted by Crippen LogP contribution is 2.27. The third-order valence-corrected chi connectivity index (χ3v) is 3.38. The number of hydrogen-bond donors (Lipinski definition) is 2. The molecule has 0 amide bonds. The highest BCUT2D eigenvalue weighted by atomic mass is 16.5. The van der Waals surface area contributed by atoms with Crippen molar-refractivity contribution in [3.05, 3.63) is 42.5 Å². The fraction of sp³-hybridized carbons (Fsp3) is 0.235. The van der Waals surface area contributed by atoms with Gasteiger partial charge in [-0.2, -0.15) is 0 Å². The van der Waals surface area contributed by atoms with Crippen molar-refractivity contribution in [3.63, 3.8) is 0 Å². The highest BCUT2D eigenvalue weighted by Gasteiger charge is 2.04. The van der Waals surface area contributed by atoms with Gasteiger partial charge in [0.1, 0.15) is 23.9 Å². The molecule has 0 unspecified atom stereocenters. The first-order chi connectivity index (χ1) is 11.3. The predicted molar refractivity (Wildman–Crippen MR) is 89.6 cm³/mol. The number of imidazole rings is 1. The van der Waals surface area contributed by atoms with E-state index in [-0.39, 0.29) is 0 Å². The average molecular weight is 313 g/mol. The molecule has 0 saturated carbocycles. The van der Waals surface area contributed by atoms with Crippen LogP contribution in [0.3, 0.4) is 0 Å². The number of nitrogens with one attached hydrogen (secondary N) is 2. The van der Waals surface area contributed by atoms with E-state index >= 15 is 0 Å². The van der Waals surface area contributed by atoms with Gasteiger partial charge in [-0.05, 0) is 12.1 Å². The van der Waals surface area contributed by atoms with Crippen molar-refractivity contribution in [1.82, 2.24) is 9.97 Å². The van der Waals surface area contributed by atoms with Gasteiger partial charge in [-0.25, -0.2) is 4.98 Å². The lowest BCUT2D eigenvalue weighted by Gasteiger charge is -2.10. The topological polar surface area (TPSA) is 68.4 Å². The Balaban J connectivity index is 1.55. The van der Waals surface area contributed by atoms with Crippen LogP contribution in [0.4, 0.5) is 5.95 Å². The molecular formula is C17H19N3O3. The van der Waals surface area contributed by atoms with Gasteiger partial charge < -0.3 is 24.5 Å². The first kappa shape index (κ1) is 15.0.